The van der Waals surface area contributed by atoms with Crippen LogP contribution in [0.25, 0.3) is 0 Å². The van der Waals surface area contributed by atoms with E-state index in [2.05, 4.69) is 25.8 Å². The van der Waals surface area contributed by atoms with Crippen LogP contribution in [-0.2, 0) is 26.4 Å². The second kappa shape index (κ2) is 6.50. The van der Waals surface area contributed by atoms with Gasteiger partial charge in [-0.05, 0) is 32.1 Å². The summed E-state index contributed by atoms with van der Waals surface area (Å²) in [6.07, 6.45) is 7.63. The summed E-state index contributed by atoms with van der Waals surface area (Å²) in [7, 11) is 1.96. The number of aromatic nitrogens is 5. The van der Waals surface area contributed by atoms with Gasteiger partial charge in [-0.3, -0.25) is 4.68 Å². The van der Waals surface area contributed by atoms with Crippen LogP contribution in [0.3, 0.4) is 0 Å². The maximum atomic E-state index is 12.6. The third-order valence-electron chi connectivity index (χ3n) is 5.22. The molecule has 0 radical (unpaired) electrons. The topological polar surface area (TPSA) is 89.7 Å². The first-order valence-corrected chi connectivity index (χ1v) is 9.17. The van der Waals surface area contributed by atoms with Crippen molar-refractivity contribution in [2.75, 3.05) is 0 Å². The number of hydrogen-bond acceptors (Lipinski definition) is 4. The predicted molar refractivity (Wildman–Crippen MR) is 91.9 cm³/mol. The highest BCUT2D eigenvalue weighted by Gasteiger charge is 2.28. The second-order valence-corrected chi connectivity index (χ2v) is 6.89. The van der Waals surface area contributed by atoms with E-state index in [4.69, 9.17) is 0 Å². The van der Waals surface area contributed by atoms with Gasteiger partial charge in [-0.2, -0.15) is 10.2 Å². The van der Waals surface area contributed by atoms with Crippen LogP contribution in [0.15, 0.2) is 6.20 Å². The van der Waals surface area contributed by atoms with Crippen molar-refractivity contribution in [3.05, 3.63) is 29.1 Å². The van der Waals surface area contributed by atoms with E-state index in [1.807, 2.05) is 29.5 Å². The first kappa shape index (κ1) is 16.1. The summed E-state index contributed by atoms with van der Waals surface area (Å²) in [6.45, 7) is 2.93. The number of aryl methyl sites for hydroxylation is 3. The molecule has 2 amide bonds. The fourth-order valence-corrected chi connectivity index (χ4v) is 3.90. The molecule has 0 saturated heterocycles. The van der Waals surface area contributed by atoms with Gasteiger partial charge in [0.05, 0.1) is 18.3 Å². The summed E-state index contributed by atoms with van der Waals surface area (Å²) in [4.78, 5) is 17.2. The van der Waals surface area contributed by atoms with Crippen LogP contribution in [0.2, 0.25) is 0 Å². The molecule has 4 rings (SSSR count). The standard InChI is InChI=1S/C17H25N7O/c1-3-15-21-16-13(7-5-9-24(16)22-15)20-17(25)19-12-6-4-8-14-11(12)10-18-23(14)2/h10,12-13H,3-9H2,1-2H3,(H2,19,20,25). The minimum absolute atomic E-state index is 0.0325. The smallest absolute Gasteiger partial charge is 0.315 e. The first-order chi connectivity index (χ1) is 12.2. The number of rotatable bonds is 3. The average Bonchev–Trinajstić information content (AvgIpc) is 3.20. The van der Waals surface area contributed by atoms with Crippen LogP contribution in [0.4, 0.5) is 4.79 Å². The summed E-state index contributed by atoms with van der Waals surface area (Å²) >= 11 is 0. The van der Waals surface area contributed by atoms with E-state index in [1.165, 1.54) is 5.69 Å². The molecule has 3 heterocycles. The molecule has 2 aromatic heterocycles. The van der Waals surface area contributed by atoms with Crippen molar-refractivity contribution in [3.8, 4) is 0 Å². The van der Waals surface area contributed by atoms with Crippen molar-refractivity contribution in [1.82, 2.24) is 35.2 Å². The fraction of sp³-hybridized carbons (Fsp3) is 0.647. The number of urea groups is 1. The van der Waals surface area contributed by atoms with Crippen LogP contribution in [0, 0.1) is 0 Å². The number of fused-ring (bicyclic) bond motifs is 2. The lowest BCUT2D eigenvalue weighted by Gasteiger charge is -2.27. The largest absolute Gasteiger partial charge is 0.331 e. The van der Waals surface area contributed by atoms with Gasteiger partial charge in [0, 0.05) is 31.3 Å². The molecular weight excluding hydrogens is 318 g/mol. The summed E-state index contributed by atoms with van der Waals surface area (Å²) < 4.78 is 3.85. The molecule has 2 atom stereocenters. The van der Waals surface area contributed by atoms with Crippen LogP contribution in [0.1, 0.15) is 67.6 Å². The lowest BCUT2D eigenvalue weighted by molar-refractivity contribution is 0.227. The average molecular weight is 343 g/mol. The minimum atomic E-state index is -0.138. The maximum Gasteiger partial charge on any atom is 0.315 e. The van der Waals surface area contributed by atoms with E-state index in [0.29, 0.717) is 0 Å². The van der Waals surface area contributed by atoms with Crippen molar-refractivity contribution in [1.29, 1.82) is 0 Å². The van der Waals surface area contributed by atoms with Gasteiger partial charge in [0.25, 0.3) is 0 Å². The van der Waals surface area contributed by atoms with Gasteiger partial charge in [-0.25, -0.2) is 14.5 Å². The third-order valence-corrected chi connectivity index (χ3v) is 5.22. The van der Waals surface area contributed by atoms with E-state index in [0.717, 1.165) is 62.3 Å². The van der Waals surface area contributed by atoms with Crippen LogP contribution >= 0.6 is 0 Å². The highest BCUT2D eigenvalue weighted by atomic mass is 16.2. The Bertz CT molecular complexity index is 778. The van der Waals surface area contributed by atoms with Crippen molar-refractivity contribution < 1.29 is 4.79 Å². The Morgan fingerprint density at radius 3 is 2.92 bits per heavy atom. The highest BCUT2D eigenvalue weighted by Crippen LogP contribution is 2.29. The van der Waals surface area contributed by atoms with E-state index >= 15 is 0 Å². The van der Waals surface area contributed by atoms with Crippen molar-refractivity contribution in [2.45, 2.75) is 64.1 Å². The Kier molecular flexibility index (Phi) is 4.19. The monoisotopic (exact) mass is 343 g/mol. The van der Waals surface area contributed by atoms with E-state index < -0.39 is 0 Å². The molecule has 2 N–H and O–H groups in total. The van der Waals surface area contributed by atoms with Gasteiger partial charge >= 0.3 is 6.03 Å². The van der Waals surface area contributed by atoms with Crippen LogP contribution in [-0.4, -0.2) is 30.6 Å². The Morgan fingerprint density at radius 1 is 1.28 bits per heavy atom. The molecule has 25 heavy (non-hydrogen) atoms. The van der Waals surface area contributed by atoms with Crippen LogP contribution in [0.5, 0.6) is 0 Å². The first-order valence-electron chi connectivity index (χ1n) is 9.17. The van der Waals surface area contributed by atoms with Crippen molar-refractivity contribution >= 4 is 6.03 Å². The number of carbonyl (C=O) groups excluding carboxylic acids is 1. The quantitative estimate of drug-likeness (QED) is 0.889. The summed E-state index contributed by atoms with van der Waals surface area (Å²) in [5, 5.41) is 15.1. The number of nitrogens with one attached hydrogen (secondary N) is 2. The Labute approximate surface area is 147 Å². The fourth-order valence-electron chi connectivity index (χ4n) is 3.90. The molecule has 0 saturated carbocycles. The number of carbonyl (C=O) groups is 1. The number of nitrogens with zero attached hydrogens (tertiary/aromatic N) is 5. The molecule has 0 fully saturated rings. The van der Waals surface area contributed by atoms with E-state index in [1.54, 1.807) is 0 Å². The second-order valence-electron chi connectivity index (χ2n) is 6.89. The lowest BCUT2D eigenvalue weighted by Crippen LogP contribution is -2.42. The van der Waals surface area contributed by atoms with Gasteiger partial charge in [-0.15, -0.1) is 0 Å². The Morgan fingerprint density at radius 2 is 2.08 bits per heavy atom. The molecular formula is C17H25N7O. The summed E-state index contributed by atoms with van der Waals surface area (Å²) in [5.41, 5.74) is 2.37. The molecule has 0 aromatic carbocycles. The molecule has 2 unspecified atom stereocenters. The summed E-state index contributed by atoms with van der Waals surface area (Å²) in [6, 6.07) is -0.176. The number of hydrogen-bond donors (Lipinski definition) is 2. The molecule has 0 spiro atoms. The lowest BCUT2D eigenvalue weighted by atomic mass is 9.93. The molecule has 1 aliphatic heterocycles. The summed E-state index contributed by atoms with van der Waals surface area (Å²) in [5.74, 6) is 1.72. The van der Waals surface area contributed by atoms with E-state index in [-0.39, 0.29) is 18.1 Å². The molecule has 8 heteroatoms. The zero-order chi connectivity index (χ0) is 17.4. The van der Waals surface area contributed by atoms with Crippen molar-refractivity contribution in [3.63, 3.8) is 0 Å². The Hall–Kier alpha value is -2.38. The molecule has 1 aliphatic carbocycles. The zero-order valence-corrected chi connectivity index (χ0v) is 14.8. The molecule has 134 valence electrons. The SMILES string of the molecule is CCc1nc2n(n1)CCCC2NC(=O)NC1CCCc2c1cnn2C. The van der Waals surface area contributed by atoms with Gasteiger partial charge in [-0.1, -0.05) is 6.92 Å². The molecule has 0 bridgehead atoms. The molecule has 2 aliphatic rings. The zero-order valence-electron chi connectivity index (χ0n) is 14.8. The van der Waals surface area contributed by atoms with Crippen LogP contribution < -0.4 is 10.6 Å². The van der Waals surface area contributed by atoms with Gasteiger partial charge in [0.15, 0.2) is 5.82 Å². The Balaban J connectivity index is 1.45. The molecule has 2 aromatic rings. The van der Waals surface area contributed by atoms with Gasteiger partial charge in [0.1, 0.15) is 5.82 Å². The van der Waals surface area contributed by atoms with Gasteiger partial charge in [0.2, 0.25) is 0 Å². The normalized spacial score (nSPS) is 22.2. The van der Waals surface area contributed by atoms with Gasteiger partial charge < -0.3 is 10.6 Å². The number of amides is 2. The maximum absolute atomic E-state index is 12.6. The minimum Gasteiger partial charge on any atom is -0.331 e. The van der Waals surface area contributed by atoms with Crippen molar-refractivity contribution in [2.24, 2.45) is 7.05 Å². The van der Waals surface area contributed by atoms with E-state index in [9.17, 15) is 4.79 Å². The highest BCUT2D eigenvalue weighted by molar-refractivity contribution is 5.75. The third kappa shape index (κ3) is 3.01. The predicted octanol–water partition coefficient (Wildman–Crippen LogP) is 1.79. The molecule has 8 nitrogen and oxygen atoms in total.